The van der Waals surface area contributed by atoms with E-state index >= 15 is 0 Å². The Bertz CT molecular complexity index is 1100. The summed E-state index contributed by atoms with van der Waals surface area (Å²) in [6.07, 6.45) is 8.58. The normalized spacial score (nSPS) is 49.8. The average Bonchev–Trinajstić information content (AvgIpc) is 2.82. The van der Waals surface area contributed by atoms with Crippen molar-refractivity contribution in [1.82, 2.24) is 0 Å². The van der Waals surface area contributed by atoms with Crippen molar-refractivity contribution < 1.29 is 19.4 Å². The largest absolute Gasteiger partial charge is 0.469 e. The van der Waals surface area contributed by atoms with E-state index in [4.69, 9.17) is 11.3 Å². The fourth-order valence-electron chi connectivity index (χ4n) is 11.1. The predicted octanol–water partition coefficient (Wildman–Crippen LogP) is 6.60. The Morgan fingerprint density at radius 3 is 2.27 bits per heavy atom. The molecule has 1 N–H and O–H groups in total. The lowest BCUT2D eigenvalue weighted by Crippen LogP contribution is -2.70. The standard InChI is InChI=1S/C32H47NO4/c1-27(2)12-14-32(26(36)37-9)15-13-31(7)24(19(32)17-27)21(34)16-23-29(5)18-20(33-8)25(35)28(3,4)22(29)10-11-30(23,31)6/h18-19,21-24,34H,10-17H2,1-7,9H3/t19?,21-,22-,23+,24?,29-,30+,31+,32-/m0/s1. The molecule has 204 valence electrons. The molecule has 37 heavy (non-hydrogen) atoms. The van der Waals surface area contributed by atoms with Gasteiger partial charge in [-0.2, -0.15) is 0 Å². The molecule has 9 atom stereocenters. The van der Waals surface area contributed by atoms with Crippen LogP contribution in [0.25, 0.3) is 4.85 Å². The maximum absolute atomic E-state index is 13.4. The third-order valence-electron chi connectivity index (χ3n) is 13.3. The van der Waals surface area contributed by atoms with Gasteiger partial charge in [0.25, 0.3) is 0 Å². The molecule has 0 heterocycles. The van der Waals surface area contributed by atoms with Crippen molar-refractivity contribution in [2.75, 3.05) is 7.11 Å². The minimum Gasteiger partial charge on any atom is -0.469 e. The van der Waals surface area contributed by atoms with E-state index in [0.29, 0.717) is 6.42 Å². The molecule has 0 aliphatic heterocycles. The number of hydrogen-bond donors (Lipinski definition) is 1. The molecule has 0 saturated heterocycles. The summed E-state index contributed by atoms with van der Waals surface area (Å²) in [6, 6.07) is 0. The molecule has 0 amide bonds. The minimum absolute atomic E-state index is 0.0287. The molecule has 0 bridgehead atoms. The number of esters is 1. The van der Waals surface area contributed by atoms with Crippen molar-refractivity contribution in [3.8, 4) is 0 Å². The molecule has 5 rings (SSSR count). The van der Waals surface area contributed by atoms with Crippen LogP contribution in [0.15, 0.2) is 11.8 Å². The molecule has 2 unspecified atom stereocenters. The van der Waals surface area contributed by atoms with Crippen molar-refractivity contribution >= 4 is 11.8 Å². The summed E-state index contributed by atoms with van der Waals surface area (Å²) < 4.78 is 5.45. The Morgan fingerprint density at radius 1 is 1.00 bits per heavy atom. The Kier molecular flexibility index (Phi) is 5.77. The number of ketones is 1. The molecule has 5 aliphatic rings. The first-order valence-corrected chi connectivity index (χ1v) is 14.5. The van der Waals surface area contributed by atoms with E-state index in [0.717, 1.165) is 44.9 Å². The summed E-state index contributed by atoms with van der Waals surface area (Å²) in [7, 11) is 1.52. The third-order valence-corrected chi connectivity index (χ3v) is 13.3. The van der Waals surface area contributed by atoms with E-state index in [9.17, 15) is 14.7 Å². The number of allylic oxidation sites excluding steroid dienone is 2. The molecular weight excluding hydrogens is 462 g/mol. The van der Waals surface area contributed by atoms with Crippen molar-refractivity contribution in [1.29, 1.82) is 0 Å². The van der Waals surface area contributed by atoms with Crippen LogP contribution in [0.1, 0.15) is 99.8 Å². The Balaban J connectivity index is 1.64. The molecule has 4 saturated carbocycles. The van der Waals surface area contributed by atoms with Gasteiger partial charge in [0, 0.05) is 5.41 Å². The highest BCUT2D eigenvalue weighted by molar-refractivity contribution is 6.02. The maximum atomic E-state index is 13.4. The highest BCUT2D eigenvalue weighted by Crippen LogP contribution is 2.76. The number of aliphatic hydroxyl groups is 1. The highest BCUT2D eigenvalue weighted by Gasteiger charge is 2.72. The first-order chi connectivity index (χ1) is 17.0. The number of methoxy groups -OCH3 is 1. The zero-order chi connectivity index (χ0) is 27.4. The molecule has 5 nitrogen and oxygen atoms in total. The van der Waals surface area contributed by atoms with Crippen molar-refractivity contribution in [2.24, 2.45) is 56.2 Å². The van der Waals surface area contributed by atoms with Crippen LogP contribution < -0.4 is 0 Å². The molecule has 0 aromatic heterocycles. The van der Waals surface area contributed by atoms with Gasteiger partial charge in [-0.05, 0) is 96.7 Å². The lowest BCUT2D eigenvalue weighted by Gasteiger charge is -2.73. The van der Waals surface area contributed by atoms with Crippen LogP contribution in [0.2, 0.25) is 0 Å². The molecule has 4 fully saturated rings. The van der Waals surface area contributed by atoms with Crippen LogP contribution in [0.3, 0.4) is 0 Å². The monoisotopic (exact) mass is 509 g/mol. The van der Waals surface area contributed by atoms with E-state index in [1.807, 2.05) is 19.9 Å². The molecule has 0 spiro atoms. The van der Waals surface area contributed by atoms with Gasteiger partial charge in [0.2, 0.25) is 5.70 Å². The zero-order valence-corrected chi connectivity index (χ0v) is 24.2. The van der Waals surface area contributed by atoms with Gasteiger partial charge in [-0.3, -0.25) is 4.79 Å². The van der Waals surface area contributed by atoms with Crippen molar-refractivity contribution in [2.45, 2.75) is 106 Å². The Labute approximate surface area is 223 Å². The minimum atomic E-state index is -0.590. The van der Waals surface area contributed by atoms with Gasteiger partial charge >= 0.3 is 5.97 Å². The molecule has 0 radical (unpaired) electrons. The number of fused-ring (bicyclic) bond motifs is 7. The van der Waals surface area contributed by atoms with Gasteiger partial charge in [-0.1, -0.05) is 54.5 Å². The van der Waals surface area contributed by atoms with Gasteiger partial charge in [0.15, 0.2) is 5.78 Å². The average molecular weight is 510 g/mol. The van der Waals surface area contributed by atoms with Gasteiger partial charge in [0.05, 0.1) is 25.2 Å². The fraction of sp³-hybridized carbons (Fsp3) is 0.844. The van der Waals surface area contributed by atoms with Crippen LogP contribution >= 0.6 is 0 Å². The van der Waals surface area contributed by atoms with Crippen molar-refractivity contribution in [3.05, 3.63) is 23.2 Å². The van der Waals surface area contributed by atoms with Gasteiger partial charge in [-0.15, -0.1) is 0 Å². The predicted molar refractivity (Wildman–Crippen MR) is 143 cm³/mol. The number of carbonyl (C=O) groups is 2. The highest BCUT2D eigenvalue weighted by atomic mass is 16.5. The van der Waals surface area contributed by atoms with Crippen molar-refractivity contribution in [3.63, 3.8) is 0 Å². The lowest BCUT2D eigenvalue weighted by atomic mass is 9.31. The summed E-state index contributed by atoms with van der Waals surface area (Å²) in [5.74, 6) is 0.334. The summed E-state index contributed by atoms with van der Waals surface area (Å²) in [5.41, 5.74) is -1.23. The number of hydrogen-bond acceptors (Lipinski definition) is 4. The second-order valence-electron chi connectivity index (χ2n) is 15.5. The molecule has 0 aromatic carbocycles. The fourth-order valence-corrected chi connectivity index (χ4v) is 11.1. The Hall–Kier alpha value is -1.67. The van der Waals surface area contributed by atoms with Crippen LogP contribution in [0.5, 0.6) is 0 Å². The molecule has 0 aromatic rings. The first-order valence-electron chi connectivity index (χ1n) is 14.5. The first kappa shape index (κ1) is 26.9. The second kappa shape index (κ2) is 7.93. The van der Waals surface area contributed by atoms with E-state index in [-0.39, 0.29) is 62.8 Å². The second-order valence-corrected chi connectivity index (χ2v) is 15.5. The summed E-state index contributed by atoms with van der Waals surface area (Å²) in [4.78, 5) is 30.4. The van der Waals surface area contributed by atoms with Crippen LogP contribution in [-0.2, 0) is 14.3 Å². The Morgan fingerprint density at radius 2 is 1.65 bits per heavy atom. The molecule has 5 heteroatoms. The summed E-state index contributed by atoms with van der Waals surface area (Å²) >= 11 is 0. The number of carbonyl (C=O) groups excluding carboxylic acids is 2. The lowest BCUT2D eigenvalue weighted by molar-refractivity contribution is -0.260. The number of Topliss-reactive ketones (excluding diaryl/α,β-unsaturated/α-hetero) is 1. The zero-order valence-electron chi connectivity index (χ0n) is 24.2. The van der Waals surface area contributed by atoms with Crippen LogP contribution in [0, 0.1) is 62.7 Å². The smallest absolute Gasteiger partial charge is 0.312 e. The number of aliphatic hydroxyl groups excluding tert-OH is 1. The number of ether oxygens (including phenoxy) is 1. The summed E-state index contributed by atoms with van der Waals surface area (Å²) in [6.45, 7) is 23.5. The van der Waals surface area contributed by atoms with E-state index in [1.54, 1.807) is 0 Å². The van der Waals surface area contributed by atoms with E-state index in [2.05, 4.69) is 39.5 Å². The topological polar surface area (TPSA) is 68.0 Å². The molecular formula is C32H47NO4. The van der Waals surface area contributed by atoms with E-state index in [1.165, 1.54) is 7.11 Å². The van der Waals surface area contributed by atoms with E-state index < -0.39 is 16.9 Å². The maximum Gasteiger partial charge on any atom is 0.312 e. The number of nitrogens with zero attached hydrogens (tertiary/aromatic N) is 1. The third kappa shape index (κ3) is 3.23. The SMILES string of the molecule is [C-]#[N+]C1=C[C@]2(C)[C@H]3C[C@H](O)C4C5CC(C)(C)CC[C@]5(C(=O)OC)CC[C@@]4(C)[C@]3(C)CC[C@H]2C(C)(C)C1=O. The quantitative estimate of drug-likeness (QED) is 0.319. The molecule has 5 aliphatic carbocycles. The van der Waals surface area contributed by atoms with Crippen LogP contribution in [-0.4, -0.2) is 30.1 Å². The summed E-state index contributed by atoms with van der Waals surface area (Å²) in [5, 5.41) is 12.1. The number of rotatable bonds is 1. The van der Waals surface area contributed by atoms with Gasteiger partial charge in [0.1, 0.15) is 0 Å². The van der Waals surface area contributed by atoms with Gasteiger partial charge in [-0.25, -0.2) is 4.85 Å². The van der Waals surface area contributed by atoms with Gasteiger partial charge < -0.3 is 14.6 Å². The van der Waals surface area contributed by atoms with Crippen LogP contribution in [0.4, 0.5) is 0 Å².